The Bertz CT molecular complexity index is 919. The zero-order valence-electron chi connectivity index (χ0n) is 31.8. The Labute approximate surface area is 287 Å². The van der Waals surface area contributed by atoms with Gasteiger partial charge in [0, 0.05) is 12.8 Å². The van der Waals surface area contributed by atoms with Crippen molar-refractivity contribution in [2.24, 2.45) is 46.3 Å². The summed E-state index contributed by atoms with van der Waals surface area (Å²) in [6.07, 6.45) is 36.9. The van der Waals surface area contributed by atoms with Crippen LogP contribution in [-0.2, 0) is 9.53 Å². The number of carbonyl (C=O) groups is 1. The average Bonchev–Trinajstić information content (AvgIpc) is 3.38. The molecule has 4 aliphatic carbocycles. The predicted molar refractivity (Wildman–Crippen MR) is 198 cm³/mol. The average molecular weight is 639 g/mol. The van der Waals surface area contributed by atoms with Gasteiger partial charge in [0.05, 0.1) is 0 Å². The standard InChI is InChI=1S/C44H78O2/c1-7-8-9-10-11-12-13-14-15-16-17-18-19-20-24-42(45)46-37-29-31-43(5)36(33-37)25-26-38-40-28-27-39(35(4)23-21-22-34(2)3)44(40,6)32-30-41(38)43/h25,34-35,37-41H,7-24,26-33H2,1-6H3. The Balaban J connectivity index is 1.12. The largest absolute Gasteiger partial charge is 0.462 e. The highest BCUT2D eigenvalue weighted by Crippen LogP contribution is 2.67. The molecule has 0 bridgehead atoms. The van der Waals surface area contributed by atoms with E-state index < -0.39 is 0 Å². The molecule has 8 unspecified atom stereocenters. The highest BCUT2D eigenvalue weighted by Gasteiger charge is 2.59. The van der Waals surface area contributed by atoms with Crippen LogP contribution in [0.25, 0.3) is 0 Å². The van der Waals surface area contributed by atoms with Crippen molar-refractivity contribution in [3.8, 4) is 0 Å². The van der Waals surface area contributed by atoms with Gasteiger partial charge >= 0.3 is 5.97 Å². The van der Waals surface area contributed by atoms with Gasteiger partial charge in [-0.3, -0.25) is 4.79 Å². The zero-order valence-corrected chi connectivity index (χ0v) is 31.8. The Hall–Kier alpha value is -0.790. The van der Waals surface area contributed by atoms with Crippen LogP contribution in [-0.4, -0.2) is 12.1 Å². The van der Waals surface area contributed by atoms with E-state index >= 15 is 0 Å². The quantitative estimate of drug-likeness (QED) is 0.0710. The van der Waals surface area contributed by atoms with Crippen LogP contribution in [0.5, 0.6) is 0 Å². The molecule has 0 N–H and O–H groups in total. The molecule has 0 heterocycles. The molecule has 0 aromatic carbocycles. The monoisotopic (exact) mass is 639 g/mol. The summed E-state index contributed by atoms with van der Waals surface area (Å²) < 4.78 is 6.13. The maximum Gasteiger partial charge on any atom is 0.306 e. The van der Waals surface area contributed by atoms with Gasteiger partial charge in [-0.15, -0.1) is 0 Å². The van der Waals surface area contributed by atoms with E-state index in [0.29, 0.717) is 17.3 Å². The van der Waals surface area contributed by atoms with Crippen LogP contribution in [0, 0.1) is 46.3 Å². The number of unbranched alkanes of at least 4 members (excludes halogenated alkanes) is 13. The number of ether oxygens (including phenoxy) is 1. The SMILES string of the molecule is CCCCCCCCCCCCCCCCC(=O)OC1CCC2(C)C(=CCC3C2CCC2(C)C(C(C)CCCC(C)C)CCC32)C1. The topological polar surface area (TPSA) is 26.3 Å². The van der Waals surface area contributed by atoms with Gasteiger partial charge < -0.3 is 4.74 Å². The molecule has 4 rings (SSSR count). The fourth-order valence-electron chi connectivity index (χ4n) is 11.5. The van der Waals surface area contributed by atoms with Crippen LogP contribution >= 0.6 is 0 Å². The molecule has 0 saturated heterocycles. The first-order chi connectivity index (χ1) is 22.2. The van der Waals surface area contributed by atoms with Crippen molar-refractivity contribution in [1.29, 1.82) is 0 Å². The van der Waals surface area contributed by atoms with Gasteiger partial charge in [0.25, 0.3) is 0 Å². The molecule has 3 fully saturated rings. The van der Waals surface area contributed by atoms with Gasteiger partial charge in [0.2, 0.25) is 0 Å². The van der Waals surface area contributed by atoms with Crippen molar-refractivity contribution in [2.45, 2.75) is 215 Å². The molecule has 0 spiro atoms. The van der Waals surface area contributed by atoms with Gasteiger partial charge in [0.15, 0.2) is 0 Å². The summed E-state index contributed by atoms with van der Waals surface area (Å²) in [5.74, 6) is 5.34. The Kier molecular flexibility index (Phi) is 15.6. The first-order valence-electron chi connectivity index (χ1n) is 21.1. The van der Waals surface area contributed by atoms with E-state index in [1.165, 1.54) is 141 Å². The molecule has 8 atom stereocenters. The summed E-state index contributed by atoms with van der Waals surface area (Å²) in [7, 11) is 0. The Morgan fingerprint density at radius 1 is 0.761 bits per heavy atom. The predicted octanol–water partition coefficient (Wildman–Crippen LogP) is 13.8. The van der Waals surface area contributed by atoms with Crippen LogP contribution in [0.3, 0.4) is 0 Å². The Morgan fingerprint density at radius 2 is 1.39 bits per heavy atom. The maximum atomic E-state index is 12.8. The molecular formula is C44H78O2. The van der Waals surface area contributed by atoms with Crippen molar-refractivity contribution < 1.29 is 9.53 Å². The highest BCUT2D eigenvalue weighted by molar-refractivity contribution is 5.69. The van der Waals surface area contributed by atoms with Crippen LogP contribution < -0.4 is 0 Å². The van der Waals surface area contributed by atoms with E-state index in [0.717, 1.165) is 54.8 Å². The second kappa shape index (κ2) is 18.8. The molecule has 2 nitrogen and oxygen atoms in total. The third-order valence-electron chi connectivity index (χ3n) is 14.3. The van der Waals surface area contributed by atoms with Crippen LogP contribution in [0.2, 0.25) is 0 Å². The lowest BCUT2D eigenvalue weighted by Crippen LogP contribution is -2.51. The molecule has 46 heavy (non-hydrogen) atoms. The fraction of sp³-hybridized carbons (Fsp3) is 0.932. The smallest absolute Gasteiger partial charge is 0.306 e. The second-order valence-corrected chi connectivity index (χ2v) is 18.0. The van der Waals surface area contributed by atoms with Gasteiger partial charge in [-0.05, 0) is 97.7 Å². The minimum Gasteiger partial charge on any atom is -0.462 e. The number of carbonyl (C=O) groups excluding carboxylic acids is 1. The van der Waals surface area contributed by atoms with Crippen molar-refractivity contribution in [1.82, 2.24) is 0 Å². The lowest BCUT2D eigenvalue weighted by molar-refractivity contribution is -0.151. The summed E-state index contributed by atoms with van der Waals surface area (Å²) in [6, 6.07) is 0. The molecule has 0 amide bonds. The van der Waals surface area contributed by atoms with Gasteiger partial charge in [-0.1, -0.05) is 156 Å². The van der Waals surface area contributed by atoms with Crippen LogP contribution in [0.1, 0.15) is 208 Å². The van der Waals surface area contributed by atoms with Crippen LogP contribution in [0.4, 0.5) is 0 Å². The summed E-state index contributed by atoms with van der Waals surface area (Å²) >= 11 is 0. The number of hydrogen-bond acceptors (Lipinski definition) is 2. The molecule has 3 saturated carbocycles. The van der Waals surface area contributed by atoms with Crippen molar-refractivity contribution in [2.75, 3.05) is 0 Å². The summed E-state index contributed by atoms with van der Waals surface area (Å²) in [5, 5.41) is 0. The van der Waals surface area contributed by atoms with Crippen molar-refractivity contribution >= 4 is 5.97 Å². The lowest BCUT2D eigenvalue weighted by atomic mass is 9.47. The third kappa shape index (κ3) is 10.1. The van der Waals surface area contributed by atoms with E-state index in [1.54, 1.807) is 5.57 Å². The molecule has 4 aliphatic rings. The van der Waals surface area contributed by atoms with E-state index in [2.05, 4.69) is 47.6 Å². The Morgan fingerprint density at radius 3 is 2.02 bits per heavy atom. The van der Waals surface area contributed by atoms with E-state index in [-0.39, 0.29) is 12.1 Å². The van der Waals surface area contributed by atoms with Crippen molar-refractivity contribution in [3.63, 3.8) is 0 Å². The summed E-state index contributed by atoms with van der Waals surface area (Å²) in [5.41, 5.74) is 2.54. The molecule has 0 aromatic rings. The number of rotatable bonds is 21. The van der Waals surface area contributed by atoms with Crippen molar-refractivity contribution in [3.05, 3.63) is 11.6 Å². The maximum absolute atomic E-state index is 12.8. The minimum atomic E-state index is 0.0646. The highest BCUT2D eigenvalue weighted by atomic mass is 16.5. The van der Waals surface area contributed by atoms with Crippen LogP contribution in [0.15, 0.2) is 11.6 Å². The lowest BCUT2D eigenvalue weighted by Gasteiger charge is -2.58. The van der Waals surface area contributed by atoms with Gasteiger partial charge in [0.1, 0.15) is 6.10 Å². The zero-order chi connectivity index (χ0) is 33.0. The second-order valence-electron chi connectivity index (χ2n) is 18.0. The minimum absolute atomic E-state index is 0.0646. The van der Waals surface area contributed by atoms with Gasteiger partial charge in [-0.2, -0.15) is 0 Å². The third-order valence-corrected chi connectivity index (χ3v) is 14.3. The molecule has 0 radical (unpaired) electrons. The number of esters is 1. The number of hydrogen-bond donors (Lipinski definition) is 0. The number of fused-ring (bicyclic) bond motifs is 5. The molecule has 266 valence electrons. The molecule has 0 aromatic heterocycles. The normalized spacial score (nSPS) is 32.8. The van der Waals surface area contributed by atoms with E-state index in [4.69, 9.17) is 4.74 Å². The first-order valence-corrected chi connectivity index (χ1v) is 21.1. The molecular weight excluding hydrogens is 560 g/mol. The van der Waals surface area contributed by atoms with Gasteiger partial charge in [-0.25, -0.2) is 0 Å². The number of allylic oxidation sites excluding steroid dienone is 1. The summed E-state index contributed by atoms with van der Waals surface area (Å²) in [6.45, 7) is 15.0. The van der Waals surface area contributed by atoms with E-state index in [1.807, 2.05) is 0 Å². The molecule has 2 heteroatoms. The first kappa shape index (κ1) is 38.0. The fourth-order valence-corrected chi connectivity index (χ4v) is 11.5. The summed E-state index contributed by atoms with van der Waals surface area (Å²) in [4.78, 5) is 12.8. The van der Waals surface area contributed by atoms with E-state index in [9.17, 15) is 4.79 Å². The molecule has 0 aliphatic heterocycles.